The normalized spacial score (nSPS) is 24.8. The van der Waals surface area contributed by atoms with Crippen LogP contribution in [0.25, 0.3) is 0 Å². The molecule has 0 radical (unpaired) electrons. The van der Waals surface area contributed by atoms with Gasteiger partial charge in [-0.25, -0.2) is 0 Å². The second-order valence-electron chi connectivity index (χ2n) is 7.07. The van der Waals surface area contributed by atoms with E-state index < -0.39 is 8.38 Å². The SMILES string of the molecule is CCOP(O)c1ccc(C2(c3ccc(O)cc3)CCCC(C)C2)cc1. The summed E-state index contributed by atoms with van der Waals surface area (Å²) in [6, 6.07) is 16.0. The van der Waals surface area contributed by atoms with Gasteiger partial charge in [-0.1, -0.05) is 44.0 Å². The molecular weight excluding hydrogens is 331 g/mol. The molecule has 2 aromatic rings. The zero-order valence-electron chi connectivity index (χ0n) is 15.0. The van der Waals surface area contributed by atoms with E-state index in [9.17, 15) is 10.00 Å². The Labute approximate surface area is 151 Å². The number of hydrogen-bond acceptors (Lipinski definition) is 3. The molecule has 0 aliphatic heterocycles. The van der Waals surface area contributed by atoms with Gasteiger partial charge in [0.1, 0.15) is 5.75 Å². The van der Waals surface area contributed by atoms with Crippen molar-refractivity contribution in [1.29, 1.82) is 0 Å². The summed E-state index contributed by atoms with van der Waals surface area (Å²) in [5, 5.41) is 10.5. The van der Waals surface area contributed by atoms with E-state index in [-0.39, 0.29) is 5.41 Å². The van der Waals surface area contributed by atoms with E-state index in [0.717, 1.165) is 18.1 Å². The van der Waals surface area contributed by atoms with Gasteiger partial charge in [-0.3, -0.25) is 0 Å². The Kier molecular flexibility index (Phi) is 5.78. The largest absolute Gasteiger partial charge is 0.508 e. The van der Waals surface area contributed by atoms with Gasteiger partial charge in [0.05, 0.1) is 6.61 Å². The summed E-state index contributed by atoms with van der Waals surface area (Å²) in [6.45, 7) is 4.73. The van der Waals surface area contributed by atoms with Gasteiger partial charge in [0, 0.05) is 10.7 Å². The minimum atomic E-state index is -1.52. The maximum atomic E-state index is 10.1. The van der Waals surface area contributed by atoms with E-state index in [2.05, 4.69) is 31.2 Å². The summed E-state index contributed by atoms with van der Waals surface area (Å²) in [5.74, 6) is 0.973. The molecule has 3 nitrogen and oxygen atoms in total. The molecule has 1 fully saturated rings. The molecule has 2 N–H and O–H groups in total. The van der Waals surface area contributed by atoms with Crippen molar-refractivity contribution in [2.45, 2.75) is 44.9 Å². The molecule has 134 valence electrons. The lowest BCUT2D eigenvalue weighted by molar-refractivity contribution is 0.272. The minimum Gasteiger partial charge on any atom is -0.508 e. The number of benzene rings is 2. The lowest BCUT2D eigenvalue weighted by atomic mass is 9.63. The Morgan fingerprint density at radius 2 is 1.68 bits per heavy atom. The smallest absolute Gasteiger partial charge is 0.202 e. The summed E-state index contributed by atoms with van der Waals surface area (Å²) in [7, 11) is -1.52. The fourth-order valence-electron chi connectivity index (χ4n) is 4.13. The Morgan fingerprint density at radius 3 is 2.24 bits per heavy atom. The van der Waals surface area contributed by atoms with Gasteiger partial charge in [0.2, 0.25) is 8.38 Å². The Hall–Kier alpha value is -1.41. The third-order valence-corrected chi connectivity index (χ3v) is 6.55. The van der Waals surface area contributed by atoms with Gasteiger partial charge < -0.3 is 14.5 Å². The molecule has 0 heterocycles. The highest BCUT2D eigenvalue weighted by Crippen LogP contribution is 2.47. The summed E-state index contributed by atoms with van der Waals surface area (Å²) in [4.78, 5) is 10.1. The molecule has 1 aliphatic rings. The van der Waals surface area contributed by atoms with Crippen molar-refractivity contribution < 1.29 is 14.5 Å². The van der Waals surface area contributed by atoms with Crippen LogP contribution in [0.15, 0.2) is 48.5 Å². The zero-order chi connectivity index (χ0) is 17.9. The van der Waals surface area contributed by atoms with Gasteiger partial charge in [-0.05, 0) is 61.1 Å². The van der Waals surface area contributed by atoms with Gasteiger partial charge in [0.25, 0.3) is 0 Å². The second kappa shape index (κ2) is 7.86. The van der Waals surface area contributed by atoms with Crippen molar-refractivity contribution in [1.82, 2.24) is 0 Å². The van der Waals surface area contributed by atoms with Crippen LogP contribution in [0.3, 0.4) is 0 Å². The second-order valence-corrected chi connectivity index (χ2v) is 8.39. The van der Waals surface area contributed by atoms with Crippen molar-refractivity contribution in [3.05, 3.63) is 59.7 Å². The lowest BCUT2D eigenvalue weighted by Gasteiger charge is -2.41. The number of aromatic hydroxyl groups is 1. The first-order valence-corrected chi connectivity index (χ1v) is 10.3. The molecule has 2 aromatic carbocycles. The van der Waals surface area contributed by atoms with Gasteiger partial charge in [0.15, 0.2) is 0 Å². The molecule has 0 bridgehead atoms. The average molecular weight is 358 g/mol. The van der Waals surface area contributed by atoms with Crippen molar-refractivity contribution >= 4 is 13.7 Å². The number of phenolic OH excluding ortho intramolecular Hbond substituents is 1. The quantitative estimate of drug-likeness (QED) is 0.751. The molecule has 25 heavy (non-hydrogen) atoms. The van der Waals surface area contributed by atoms with Gasteiger partial charge >= 0.3 is 0 Å². The molecule has 0 amide bonds. The van der Waals surface area contributed by atoms with Crippen LogP contribution in [0.1, 0.15) is 50.7 Å². The number of phenols is 1. The number of hydrogen-bond donors (Lipinski definition) is 2. The summed E-state index contributed by atoms with van der Waals surface area (Å²) in [6.07, 6.45) is 4.69. The van der Waals surface area contributed by atoms with Gasteiger partial charge in [-0.15, -0.1) is 0 Å². The Balaban J connectivity index is 1.98. The maximum Gasteiger partial charge on any atom is 0.202 e. The van der Waals surface area contributed by atoms with Crippen LogP contribution in [0.2, 0.25) is 0 Å². The van der Waals surface area contributed by atoms with Crippen molar-refractivity contribution in [3.63, 3.8) is 0 Å². The van der Waals surface area contributed by atoms with Crippen LogP contribution < -0.4 is 5.30 Å². The predicted molar refractivity (Wildman–Crippen MR) is 103 cm³/mol. The molecule has 0 saturated heterocycles. The van der Waals surface area contributed by atoms with E-state index in [1.165, 1.54) is 24.0 Å². The predicted octanol–water partition coefficient (Wildman–Crippen LogP) is 4.85. The Bertz CT molecular complexity index is 683. The molecule has 3 atom stereocenters. The highest BCUT2D eigenvalue weighted by Gasteiger charge is 2.38. The molecule has 3 unspecified atom stereocenters. The van der Waals surface area contributed by atoms with E-state index >= 15 is 0 Å². The zero-order valence-corrected chi connectivity index (χ0v) is 15.9. The molecule has 1 aliphatic carbocycles. The molecule has 3 rings (SSSR count). The molecular formula is C21H27O3P. The van der Waals surface area contributed by atoms with Crippen LogP contribution in [0.4, 0.5) is 0 Å². The first-order chi connectivity index (χ1) is 12.0. The third kappa shape index (κ3) is 3.89. The minimum absolute atomic E-state index is 0.0201. The van der Waals surface area contributed by atoms with Crippen LogP contribution >= 0.6 is 8.38 Å². The lowest BCUT2D eigenvalue weighted by Crippen LogP contribution is -2.33. The van der Waals surface area contributed by atoms with Crippen LogP contribution in [0, 0.1) is 5.92 Å². The van der Waals surface area contributed by atoms with E-state index in [1.54, 1.807) is 12.1 Å². The highest BCUT2D eigenvalue weighted by atomic mass is 31.2. The first kappa shape index (κ1) is 18.4. The highest BCUT2D eigenvalue weighted by molar-refractivity contribution is 7.55. The summed E-state index contributed by atoms with van der Waals surface area (Å²) >= 11 is 0. The van der Waals surface area contributed by atoms with Crippen LogP contribution in [0.5, 0.6) is 5.75 Å². The fourth-order valence-corrected chi connectivity index (χ4v) is 4.93. The molecule has 4 heteroatoms. The topological polar surface area (TPSA) is 49.7 Å². The van der Waals surface area contributed by atoms with Crippen molar-refractivity contribution in [2.75, 3.05) is 6.61 Å². The average Bonchev–Trinajstić information content (AvgIpc) is 2.62. The summed E-state index contributed by atoms with van der Waals surface area (Å²) in [5.41, 5.74) is 2.53. The van der Waals surface area contributed by atoms with E-state index in [4.69, 9.17) is 4.52 Å². The fraction of sp³-hybridized carbons (Fsp3) is 0.429. The van der Waals surface area contributed by atoms with Crippen LogP contribution in [-0.2, 0) is 9.94 Å². The van der Waals surface area contributed by atoms with Crippen molar-refractivity contribution in [3.8, 4) is 5.75 Å². The third-order valence-electron chi connectivity index (χ3n) is 5.31. The first-order valence-electron chi connectivity index (χ1n) is 9.07. The van der Waals surface area contributed by atoms with E-state index in [1.807, 2.05) is 19.1 Å². The standard InChI is InChI=1S/C21H27O3P/c1-3-24-25(23)20-12-8-18(9-13-20)21(14-4-5-16(2)15-21)17-6-10-19(22)11-7-17/h6-13,16,22-23H,3-5,14-15H2,1-2H3. The summed E-state index contributed by atoms with van der Waals surface area (Å²) < 4.78 is 5.35. The molecule has 0 spiro atoms. The van der Waals surface area contributed by atoms with E-state index in [0.29, 0.717) is 18.3 Å². The van der Waals surface area contributed by atoms with Gasteiger partial charge in [-0.2, -0.15) is 0 Å². The molecule has 1 saturated carbocycles. The number of rotatable bonds is 5. The van der Waals surface area contributed by atoms with Crippen LogP contribution in [-0.4, -0.2) is 16.6 Å². The maximum absolute atomic E-state index is 10.1. The Morgan fingerprint density at radius 1 is 1.08 bits per heavy atom. The molecule has 0 aromatic heterocycles. The monoisotopic (exact) mass is 358 g/mol. The van der Waals surface area contributed by atoms with Crippen molar-refractivity contribution in [2.24, 2.45) is 5.92 Å².